The SMILES string of the molecule is CNC(C)c1cc(F)ccc1Oc1ccc(Cl)cc1C. The zero-order valence-corrected chi connectivity index (χ0v) is 12.5. The van der Waals surface area contributed by atoms with Crippen molar-refractivity contribution >= 4 is 11.6 Å². The van der Waals surface area contributed by atoms with Gasteiger partial charge in [-0.3, -0.25) is 0 Å². The molecule has 4 heteroatoms. The molecule has 0 aliphatic carbocycles. The molecule has 20 heavy (non-hydrogen) atoms. The van der Waals surface area contributed by atoms with E-state index in [1.54, 1.807) is 12.1 Å². The van der Waals surface area contributed by atoms with E-state index in [1.165, 1.54) is 12.1 Å². The fraction of sp³-hybridized carbons (Fsp3) is 0.250. The van der Waals surface area contributed by atoms with Crippen LogP contribution in [0.25, 0.3) is 0 Å². The summed E-state index contributed by atoms with van der Waals surface area (Å²) in [5.74, 6) is 1.08. The fourth-order valence-corrected chi connectivity index (χ4v) is 2.18. The molecule has 0 bridgehead atoms. The van der Waals surface area contributed by atoms with Crippen LogP contribution in [0.4, 0.5) is 4.39 Å². The maximum absolute atomic E-state index is 13.4. The standard InChI is InChI=1S/C16H17ClFNO/c1-10-8-12(17)4-6-15(10)20-16-7-5-13(18)9-14(16)11(2)19-3/h4-9,11,19H,1-3H3. The summed E-state index contributed by atoms with van der Waals surface area (Å²) in [6.07, 6.45) is 0. The zero-order valence-electron chi connectivity index (χ0n) is 11.7. The minimum Gasteiger partial charge on any atom is -0.457 e. The van der Waals surface area contributed by atoms with Gasteiger partial charge in [-0.2, -0.15) is 0 Å². The second kappa shape index (κ2) is 6.25. The van der Waals surface area contributed by atoms with Crippen LogP contribution >= 0.6 is 11.6 Å². The lowest BCUT2D eigenvalue weighted by Gasteiger charge is -2.17. The van der Waals surface area contributed by atoms with Crippen LogP contribution in [-0.2, 0) is 0 Å². The molecule has 2 aromatic carbocycles. The molecule has 0 saturated heterocycles. The second-order valence-corrected chi connectivity index (χ2v) is 5.14. The smallest absolute Gasteiger partial charge is 0.132 e. The third-order valence-corrected chi connectivity index (χ3v) is 3.46. The topological polar surface area (TPSA) is 21.3 Å². The van der Waals surface area contributed by atoms with Crippen LogP contribution in [0.1, 0.15) is 24.1 Å². The molecule has 2 rings (SSSR count). The molecule has 0 amide bonds. The molecule has 0 fully saturated rings. The van der Waals surface area contributed by atoms with E-state index < -0.39 is 0 Å². The average molecular weight is 294 g/mol. The van der Waals surface area contributed by atoms with Crippen molar-refractivity contribution in [2.75, 3.05) is 7.05 Å². The Morgan fingerprint density at radius 3 is 2.50 bits per heavy atom. The quantitative estimate of drug-likeness (QED) is 0.869. The molecule has 1 N–H and O–H groups in total. The van der Waals surface area contributed by atoms with E-state index in [9.17, 15) is 4.39 Å². The molecular formula is C16H17ClFNO. The lowest BCUT2D eigenvalue weighted by Crippen LogP contribution is -2.13. The molecule has 0 radical (unpaired) electrons. The first-order valence-corrected chi connectivity index (χ1v) is 6.79. The van der Waals surface area contributed by atoms with Gasteiger partial charge in [0.25, 0.3) is 0 Å². The second-order valence-electron chi connectivity index (χ2n) is 4.70. The molecule has 0 heterocycles. The number of hydrogen-bond acceptors (Lipinski definition) is 2. The first-order chi connectivity index (χ1) is 9.51. The molecule has 106 valence electrons. The van der Waals surface area contributed by atoms with Crippen molar-refractivity contribution in [3.8, 4) is 11.5 Å². The number of nitrogens with one attached hydrogen (secondary N) is 1. The maximum Gasteiger partial charge on any atom is 0.132 e. The van der Waals surface area contributed by atoms with Gasteiger partial charge in [-0.1, -0.05) is 11.6 Å². The summed E-state index contributed by atoms with van der Waals surface area (Å²) in [5, 5.41) is 3.76. The van der Waals surface area contributed by atoms with E-state index in [0.717, 1.165) is 11.1 Å². The van der Waals surface area contributed by atoms with E-state index in [-0.39, 0.29) is 11.9 Å². The predicted octanol–water partition coefficient (Wildman–Crippen LogP) is 4.86. The highest BCUT2D eigenvalue weighted by Crippen LogP contribution is 2.32. The third kappa shape index (κ3) is 3.30. The van der Waals surface area contributed by atoms with Gasteiger partial charge in [0.05, 0.1) is 0 Å². The van der Waals surface area contributed by atoms with E-state index in [2.05, 4.69) is 5.32 Å². The minimum atomic E-state index is -0.276. The summed E-state index contributed by atoms with van der Waals surface area (Å²) < 4.78 is 19.3. The fourth-order valence-electron chi connectivity index (χ4n) is 1.95. The molecule has 1 unspecified atom stereocenters. The lowest BCUT2D eigenvalue weighted by molar-refractivity contribution is 0.460. The average Bonchev–Trinajstić information content (AvgIpc) is 2.42. The van der Waals surface area contributed by atoms with Crippen LogP contribution in [0.2, 0.25) is 5.02 Å². The van der Waals surface area contributed by atoms with Gasteiger partial charge < -0.3 is 10.1 Å². The number of ether oxygens (including phenoxy) is 1. The maximum atomic E-state index is 13.4. The number of aryl methyl sites for hydroxylation is 1. The van der Waals surface area contributed by atoms with E-state index in [1.807, 2.05) is 33.0 Å². The van der Waals surface area contributed by atoms with Crippen molar-refractivity contribution in [1.29, 1.82) is 0 Å². The van der Waals surface area contributed by atoms with Gasteiger partial charge in [0.2, 0.25) is 0 Å². The Labute approximate surface area is 123 Å². The summed E-state index contributed by atoms with van der Waals surface area (Å²) in [4.78, 5) is 0. The van der Waals surface area contributed by atoms with Gasteiger partial charge in [0.1, 0.15) is 17.3 Å². The molecule has 0 aliphatic rings. The van der Waals surface area contributed by atoms with Gasteiger partial charge in [0, 0.05) is 16.6 Å². The van der Waals surface area contributed by atoms with Crippen molar-refractivity contribution in [3.63, 3.8) is 0 Å². The Bertz CT molecular complexity index is 615. The molecule has 0 aliphatic heterocycles. The zero-order chi connectivity index (χ0) is 14.7. The summed E-state index contributed by atoms with van der Waals surface area (Å²) >= 11 is 5.93. The van der Waals surface area contributed by atoms with Crippen LogP contribution in [0, 0.1) is 12.7 Å². The first kappa shape index (κ1) is 14.8. The van der Waals surface area contributed by atoms with Gasteiger partial charge in [-0.15, -0.1) is 0 Å². The van der Waals surface area contributed by atoms with E-state index in [4.69, 9.17) is 16.3 Å². The van der Waals surface area contributed by atoms with Crippen molar-refractivity contribution in [2.24, 2.45) is 0 Å². The van der Waals surface area contributed by atoms with Crippen molar-refractivity contribution in [2.45, 2.75) is 19.9 Å². The number of benzene rings is 2. The number of halogens is 2. The highest BCUT2D eigenvalue weighted by molar-refractivity contribution is 6.30. The van der Waals surface area contributed by atoms with Crippen LogP contribution in [0.15, 0.2) is 36.4 Å². The van der Waals surface area contributed by atoms with Gasteiger partial charge in [-0.25, -0.2) is 4.39 Å². The van der Waals surface area contributed by atoms with Crippen molar-refractivity contribution < 1.29 is 9.13 Å². The Morgan fingerprint density at radius 1 is 1.15 bits per heavy atom. The summed E-state index contributed by atoms with van der Waals surface area (Å²) in [5.41, 5.74) is 1.71. The summed E-state index contributed by atoms with van der Waals surface area (Å²) in [7, 11) is 1.83. The summed E-state index contributed by atoms with van der Waals surface area (Å²) in [6.45, 7) is 3.88. The Kier molecular flexibility index (Phi) is 4.63. The highest BCUT2D eigenvalue weighted by atomic mass is 35.5. The van der Waals surface area contributed by atoms with Gasteiger partial charge in [-0.05, 0) is 62.9 Å². The molecule has 0 aromatic heterocycles. The van der Waals surface area contributed by atoms with Gasteiger partial charge in [0.15, 0.2) is 0 Å². The normalized spacial score (nSPS) is 12.2. The van der Waals surface area contributed by atoms with Crippen molar-refractivity contribution in [3.05, 3.63) is 58.4 Å². The van der Waals surface area contributed by atoms with Gasteiger partial charge >= 0.3 is 0 Å². The van der Waals surface area contributed by atoms with E-state index >= 15 is 0 Å². The van der Waals surface area contributed by atoms with Crippen LogP contribution in [0.3, 0.4) is 0 Å². The Hall–Kier alpha value is -1.58. The molecule has 0 spiro atoms. The van der Waals surface area contributed by atoms with E-state index in [0.29, 0.717) is 16.5 Å². The van der Waals surface area contributed by atoms with Crippen LogP contribution in [0.5, 0.6) is 11.5 Å². The predicted molar refractivity (Wildman–Crippen MR) is 80.1 cm³/mol. The molecule has 0 saturated carbocycles. The Balaban J connectivity index is 2.37. The third-order valence-electron chi connectivity index (χ3n) is 3.23. The first-order valence-electron chi connectivity index (χ1n) is 6.42. The Morgan fingerprint density at radius 2 is 1.85 bits per heavy atom. The molecule has 2 nitrogen and oxygen atoms in total. The van der Waals surface area contributed by atoms with Crippen LogP contribution < -0.4 is 10.1 Å². The number of rotatable bonds is 4. The molecular weight excluding hydrogens is 277 g/mol. The lowest BCUT2D eigenvalue weighted by atomic mass is 10.1. The summed E-state index contributed by atoms with van der Waals surface area (Å²) in [6, 6.07) is 9.94. The van der Waals surface area contributed by atoms with Crippen molar-refractivity contribution in [1.82, 2.24) is 5.32 Å². The highest BCUT2D eigenvalue weighted by Gasteiger charge is 2.13. The number of hydrogen-bond donors (Lipinski definition) is 1. The monoisotopic (exact) mass is 293 g/mol. The molecule has 2 aromatic rings. The largest absolute Gasteiger partial charge is 0.457 e. The minimum absolute atomic E-state index is 0.00620. The molecule has 1 atom stereocenters. The van der Waals surface area contributed by atoms with Crippen LogP contribution in [-0.4, -0.2) is 7.05 Å².